The van der Waals surface area contributed by atoms with E-state index in [4.69, 9.17) is 11.5 Å². The molecule has 1 aliphatic rings. The van der Waals surface area contributed by atoms with Gasteiger partial charge < -0.3 is 11.5 Å². The second kappa shape index (κ2) is 4.64. The number of hydrogen-bond donors (Lipinski definition) is 2. The zero-order chi connectivity index (χ0) is 13.4. The van der Waals surface area contributed by atoms with Crippen molar-refractivity contribution in [2.45, 2.75) is 48.4 Å². The Hall–Kier alpha value is -0.910. The Bertz CT molecular complexity index is 542. The van der Waals surface area contributed by atoms with Gasteiger partial charge in [0.25, 0.3) is 0 Å². The summed E-state index contributed by atoms with van der Waals surface area (Å²) in [5, 5.41) is 0. The third-order valence-electron chi connectivity index (χ3n) is 3.84. The van der Waals surface area contributed by atoms with Crippen LogP contribution in [0.2, 0.25) is 0 Å². The maximum absolute atomic E-state index is 12.7. The van der Waals surface area contributed by atoms with Crippen molar-refractivity contribution in [2.75, 3.05) is 0 Å². The lowest BCUT2D eigenvalue weighted by Crippen LogP contribution is -2.62. The van der Waals surface area contributed by atoms with Gasteiger partial charge in [0.05, 0.1) is 4.90 Å². The van der Waals surface area contributed by atoms with Gasteiger partial charge in [0, 0.05) is 6.04 Å². The monoisotopic (exact) mass is 268 g/mol. The summed E-state index contributed by atoms with van der Waals surface area (Å²) in [7, 11) is -3.59. The van der Waals surface area contributed by atoms with Crippen molar-refractivity contribution < 1.29 is 8.42 Å². The molecule has 0 aliphatic heterocycles. The second-order valence-corrected chi connectivity index (χ2v) is 7.28. The molecule has 0 radical (unpaired) electrons. The first-order chi connectivity index (χ1) is 8.39. The van der Waals surface area contributed by atoms with E-state index in [2.05, 4.69) is 0 Å². The molecule has 1 saturated carbocycles. The average molecular weight is 268 g/mol. The first-order valence-electron chi connectivity index (χ1n) is 6.24. The predicted octanol–water partition coefficient (Wildman–Crippen LogP) is 1.33. The highest BCUT2D eigenvalue weighted by Crippen LogP contribution is 2.35. The lowest BCUT2D eigenvalue weighted by Gasteiger charge is -2.38. The molecule has 0 heterocycles. The van der Waals surface area contributed by atoms with E-state index in [1.807, 2.05) is 6.07 Å². The highest BCUT2D eigenvalue weighted by atomic mass is 32.2. The van der Waals surface area contributed by atoms with E-state index in [0.717, 1.165) is 18.4 Å². The fourth-order valence-electron chi connectivity index (χ4n) is 2.59. The molecule has 18 heavy (non-hydrogen) atoms. The van der Waals surface area contributed by atoms with E-state index in [-0.39, 0.29) is 0 Å². The molecule has 0 amide bonds. The van der Waals surface area contributed by atoms with Crippen LogP contribution >= 0.6 is 0 Å². The van der Waals surface area contributed by atoms with E-state index in [0.29, 0.717) is 17.7 Å². The number of hydrogen-bond acceptors (Lipinski definition) is 4. The summed E-state index contributed by atoms with van der Waals surface area (Å²) in [6.07, 6.45) is 2.87. The van der Waals surface area contributed by atoms with E-state index in [9.17, 15) is 8.42 Å². The Morgan fingerprint density at radius 1 is 1.28 bits per heavy atom. The lowest BCUT2D eigenvalue weighted by molar-refractivity contribution is 0.332. The van der Waals surface area contributed by atoms with Gasteiger partial charge in [-0.3, -0.25) is 0 Å². The standard InChI is InChI=1S/C13H20N2O2S/c1-10-6-2-3-7-11(10)18(16,17)13(15)9-5-4-8-12(13)14/h2-3,6-7,12H,4-5,8-9,14-15H2,1H3. The molecule has 1 aromatic rings. The Morgan fingerprint density at radius 3 is 2.56 bits per heavy atom. The van der Waals surface area contributed by atoms with Crippen molar-refractivity contribution >= 4 is 9.84 Å². The fourth-order valence-corrected chi connectivity index (χ4v) is 4.68. The molecule has 0 saturated heterocycles. The highest BCUT2D eigenvalue weighted by Gasteiger charge is 2.47. The van der Waals surface area contributed by atoms with Gasteiger partial charge in [-0.05, 0) is 31.4 Å². The summed E-state index contributed by atoms with van der Waals surface area (Å²) in [6, 6.07) is 6.44. The molecule has 0 bridgehead atoms. The molecule has 4 nitrogen and oxygen atoms in total. The van der Waals surface area contributed by atoms with Gasteiger partial charge in [-0.2, -0.15) is 0 Å². The van der Waals surface area contributed by atoms with Crippen LogP contribution in [-0.4, -0.2) is 19.3 Å². The van der Waals surface area contributed by atoms with Crippen molar-refractivity contribution in [3.63, 3.8) is 0 Å². The van der Waals surface area contributed by atoms with E-state index >= 15 is 0 Å². The molecule has 100 valence electrons. The van der Waals surface area contributed by atoms with Gasteiger partial charge in [0.1, 0.15) is 4.87 Å². The minimum absolute atomic E-state index is 0.310. The number of aryl methyl sites for hydroxylation is 1. The molecular formula is C13H20N2O2S. The molecule has 0 aromatic heterocycles. The van der Waals surface area contributed by atoms with Crippen molar-refractivity contribution in [1.82, 2.24) is 0 Å². The fraction of sp³-hybridized carbons (Fsp3) is 0.538. The summed E-state index contributed by atoms with van der Waals surface area (Å²) in [5.41, 5.74) is 12.9. The molecule has 1 fully saturated rings. The molecule has 1 aliphatic carbocycles. The minimum atomic E-state index is -3.59. The maximum Gasteiger partial charge on any atom is 0.198 e. The van der Waals surface area contributed by atoms with Crippen LogP contribution in [0.1, 0.15) is 31.2 Å². The molecule has 0 spiro atoms. The van der Waals surface area contributed by atoms with Crippen LogP contribution < -0.4 is 11.5 Å². The van der Waals surface area contributed by atoms with Crippen molar-refractivity contribution in [3.8, 4) is 0 Å². The maximum atomic E-state index is 12.7. The van der Waals surface area contributed by atoms with Crippen LogP contribution in [0, 0.1) is 6.92 Å². The van der Waals surface area contributed by atoms with Crippen LogP contribution in [0.5, 0.6) is 0 Å². The number of benzene rings is 1. The smallest absolute Gasteiger partial charge is 0.198 e. The van der Waals surface area contributed by atoms with Crippen molar-refractivity contribution in [1.29, 1.82) is 0 Å². The SMILES string of the molecule is Cc1ccccc1S(=O)(=O)C1(N)CCCCC1N. The van der Waals surface area contributed by atoms with E-state index < -0.39 is 20.8 Å². The largest absolute Gasteiger partial charge is 0.325 e. The third kappa shape index (κ3) is 1.96. The first kappa shape index (κ1) is 13.5. The van der Waals surface area contributed by atoms with Gasteiger partial charge in [0.2, 0.25) is 0 Å². The van der Waals surface area contributed by atoms with Crippen molar-refractivity contribution in [2.24, 2.45) is 11.5 Å². The highest BCUT2D eigenvalue weighted by molar-refractivity contribution is 7.93. The number of sulfone groups is 1. The van der Waals surface area contributed by atoms with Crippen LogP contribution in [0.4, 0.5) is 0 Å². The Kier molecular flexibility index (Phi) is 3.49. The van der Waals surface area contributed by atoms with Crippen molar-refractivity contribution in [3.05, 3.63) is 29.8 Å². The quantitative estimate of drug-likeness (QED) is 0.847. The normalized spacial score (nSPS) is 29.2. The average Bonchev–Trinajstić information content (AvgIpc) is 2.33. The minimum Gasteiger partial charge on any atom is -0.325 e. The zero-order valence-corrected chi connectivity index (χ0v) is 11.4. The first-order valence-corrected chi connectivity index (χ1v) is 7.72. The van der Waals surface area contributed by atoms with Gasteiger partial charge in [-0.1, -0.05) is 31.0 Å². The number of rotatable bonds is 2. The molecule has 2 atom stereocenters. The van der Waals surface area contributed by atoms with E-state index in [1.165, 1.54) is 0 Å². The lowest BCUT2D eigenvalue weighted by atomic mass is 9.91. The van der Waals surface area contributed by atoms with Crippen LogP contribution in [0.15, 0.2) is 29.2 Å². The van der Waals surface area contributed by atoms with E-state index in [1.54, 1.807) is 25.1 Å². The predicted molar refractivity (Wildman–Crippen MR) is 71.7 cm³/mol. The van der Waals surface area contributed by atoms with Crippen LogP contribution in [0.3, 0.4) is 0 Å². The Morgan fingerprint density at radius 2 is 1.94 bits per heavy atom. The van der Waals surface area contributed by atoms with Gasteiger partial charge in [0.15, 0.2) is 9.84 Å². The zero-order valence-electron chi connectivity index (χ0n) is 10.6. The molecule has 4 N–H and O–H groups in total. The summed E-state index contributed by atoms with van der Waals surface area (Å²) in [6.45, 7) is 1.78. The van der Waals surface area contributed by atoms with Crippen LogP contribution in [0.25, 0.3) is 0 Å². The second-order valence-electron chi connectivity index (χ2n) is 5.08. The summed E-state index contributed by atoms with van der Waals surface area (Å²) in [4.78, 5) is -1.01. The topological polar surface area (TPSA) is 86.2 Å². The van der Waals surface area contributed by atoms with Crippen LogP contribution in [-0.2, 0) is 9.84 Å². The van der Waals surface area contributed by atoms with Gasteiger partial charge in [-0.25, -0.2) is 8.42 Å². The molecule has 1 aromatic carbocycles. The summed E-state index contributed by atoms with van der Waals surface area (Å²) < 4.78 is 25.5. The summed E-state index contributed by atoms with van der Waals surface area (Å²) >= 11 is 0. The molecule has 5 heteroatoms. The van der Waals surface area contributed by atoms with Gasteiger partial charge >= 0.3 is 0 Å². The Labute approximate surface area is 108 Å². The molecule has 2 unspecified atom stereocenters. The summed E-state index contributed by atoms with van der Waals surface area (Å²) in [5.74, 6) is 0. The Balaban J connectivity index is 2.52. The van der Waals surface area contributed by atoms with Gasteiger partial charge in [-0.15, -0.1) is 0 Å². The molecular weight excluding hydrogens is 248 g/mol. The molecule has 2 rings (SSSR count). The third-order valence-corrected chi connectivity index (χ3v) is 6.39. The number of nitrogens with two attached hydrogens (primary N) is 2.